The number of nitroso groups, excluding NO2 is 1. The van der Waals surface area contributed by atoms with Gasteiger partial charge in [0, 0.05) is 0 Å². The van der Waals surface area contributed by atoms with E-state index < -0.39 is 17.3 Å². The Kier molecular flexibility index (Phi) is 5.60. The maximum Gasteiger partial charge on any atom is 0.416 e. The molecule has 7 nitrogen and oxygen atoms in total. The minimum atomic E-state index is -4.55. The predicted molar refractivity (Wildman–Crippen MR) is 106 cm³/mol. The average molecular weight is 418 g/mol. The van der Waals surface area contributed by atoms with Crippen molar-refractivity contribution < 1.29 is 13.2 Å². The van der Waals surface area contributed by atoms with Crippen molar-refractivity contribution in [2.24, 2.45) is 5.29 Å². The summed E-state index contributed by atoms with van der Waals surface area (Å²) in [7, 11) is 0. The number of tetrazole rings is 1. The number of anilines is 1. The van der Waals surface area contributed by atoms with Crippen molar-refractivity contribution in [3.8, 4) is 5.69 Å². The van der Waals surface area contributed by atoms with Gasteiger partial charge in [0.1, 0.15) is 5.54 Å². The second-order valence-corrected chi connectivity index (χ2v) is 7.22. The van der Waals surface area contributed by atoms with Gasteiger partial charge in [-0.05, 0) is 66.9 Å². The molecule has 2 aromatic carbocycles. The van der Waals surface area contributed by atoms with E-state index in [2.05, 4.69) is 20.8 Å². The van der Waals surface area contributed by atoms with Crippen molar-refractivity contribution in [2.75, 3.05) is 5.01 Å². The Morgan fingerprint density at radius 3 is 2.30 bits per heavy atom. The van der Waals surface area contributed by atoms with E-state index in [0.29, 0.717) is 12.2 Å². The number of para-hydroxylation sites is 1. The molecule has 0 fully saturated rings. The zero-order valence-corrected chi connectivity index (χ0v) is 17.0. The van der Waals surface area contributed by atoms with Crippen molar-refractivity contribution in [1.29, 1.82) is 0 Å². The molecule has 0 aliphatic carbocycles. The molecule has 1 aromatic heterocycles. The van der Waals surface area contributed by atoms with Crippen LogP contribution < -0.4 is 5.01 Å². The molecule has 158 valence electrons. The molecule has 10 heteroatoms. The van der Waals surface area contributed by atoms with E-state index in [0.717, 1.165) is 34.0 Å². The van der Waals surface area contributed by atoms with E-state index >= 15 is 0 Å². The lowest BCUT2D eigenvalue weighted by Crippen LogP contribution is -2.42. The van der Waals surface area contributed by atoms with Crippen LogP contribution in [0.4, 0.5) is 18.9 Å². The SMILES string of the molecule is CCC(C)(c1nnnn1-c1c(C)cccc1C)N(N=O)c1cccc(C(F)(F)F)c1. The van der Waals surface area contributed by atoms with Crippen LogP contribution in [0.5, 0.6) is 0 Å². The highest BCUT2D eigenvalue weighted by atomic mass is 19.4. The standard InChI is InChI=1S/C20H21F3N6O/c1-5-19(4,29(27-30)16-11-7-10-15(12-16)20(21,22)23)18-24-25-26-28(18)17-13(2)8-6-9-14(17)3/h6-12H,5H2,1-4H3. The van der Waals surface area contributed by atoms with Gasteiger partial charge in [-0.1, -0.05) is 31.2 Å². The van der Waals surface area contributed by atoms with E-state index in [-0.39, 0.29) is 5.69 Å². The molecular formula is C20H21F3N6O. The van der Waals surface area contributed by atoms with Gasteiger partial charge in [-0.2, -0.15) is 17.9 Å². The van der Waals surface area contributed by atoms with Gasteiger partial charge < -0.3 is 0 Å². The number of alkyl halides is 3. The maximum absolute atomic E-state index is 13.2. The molecule has 1 heterocycles. The molecule has 1 atom stereocenters. The van der Waals surface area contributed by atoms with E-state index in [1.807, 2.05) is 32.0 Å². The molecule has 0 bridgehead atoms. The van der Waals surface area contributed by atoms with Crippen molar-refractivity contribution in [3.05, 3.63) is 69.9 Å². The summed E-state index contributed by atoms with van der Waals surface area (Å²) >= 11 is 0. The van der Waals surface area contributed by atoms with E-state index in [9.17, 15) is 18.1 Å². The Hall–Kier alpha value is -3.30. The first-order chi connectivity index (χ1) is 14.1. The van der Waals surface area contributed by atoms with Gasteiger partial charge in [0.05, 0.1) is 22.2 Å². The number of nitrogens with zero attached hydrogens (tertiary/aromatic N) is 6. The van der Waals surface area contributed by atoms with Crippen LogP contribution in [0.3, 0.4) is 0 Å². The smallest absolute Gasteiger partial charge is 0.216 e. The zero-order valence-electron chi connectivity index (χ0n) is 17.0. The van der Waals surface area contributed by atoms with Crippen LogP contribution in [-0.2, 0) is 11.7 Å². The number of aromatic nitrogens is 4. The van der Waals surface area contributed by atoms with Crippen LogP contribution in [0.1, 0.15) is 42.8 Å². The van der Waals surface area contributed by atoms with Crippen molar-refractivity contribution in [2.45, 2.75) is 45.8 Å². The van der Waals surface area contributed by atoms with Gasteiger partial charge in [-0.15, -0.1) is 10.0 Å². The van der Waals surface area contributed by atoms with Crippen LogP contribution in [0.15, 0.2) is 47.8 Å². The Morgan fingerprint density at radius 1 is 1.10 bits per heavy atom. The van der Waals surface area contributed by atoms with Gasteiger partial charge >= 0.3 is 6.18 Å². The molecule has 3 aromatic rings. The molecule has 1 unspecified atom stereocenters. The Balaban J connectivity index is 2.17. The molecule has 0 saturated carbocycles. The van der Waals surface area contributed by atoms with Gasteiger partial charge in [-0.3, -0.25) is 0 Å². The summed E-state index contributed by atoms with van der Waals surface area (Å²) in [6, 6.07) is 10.2. The van der Waals surface area contributed by atoms with Gasteiger partial charge in [-0.25, -0.2) is 5.01 Å². The number of aryl methyl sites for hydroxylation is 2. The van der Waals surface area contributed by atoms with Crippen LogP contribution in [0, 0.1) is 18.8 Å². The Labute approximate surface area is 171 Å². The fourth-order valence-corrected chi connectivity index (χ4v) is 3.45. The number of halogens is 3. The first kappa shape index (κ1) is 21.4. The monoisotopic (exact) mass is 418 g/mol. The largest absolute Gasteiger partial charge is 0.416 e. The minimum absolute atomic E-state index is 0.000213. The van der Waals surface area contributed by atoms with Crippen LogP contribution >= 0.6 is 0 Å². The third-order valence-corrected chi connectivity index (χ3v) is 5.26. The molecule has 30 heavy (non-hydrogen) atoms. The first-order valence-corrected chi connectivity index (χ1v) is 9.29. The molecule has 0 radical (unpaired) electrons. The molecule has 0 aliphatic rings. The lowest BCUT2D eigenvalue weighted by atomic mass is 9.95. The van der Waals surface area contributed by atoms with E-state index in [1.165, 1.54) is 16.8 Å². The van der Waals surface area contributed by atoms with Crippen LogP contribution in [0.2, 0.25) is 0 Å². The fraction of sp³-hybridized carbons (Fsp3) is 0.350. The summed E-state index contributed by atoms with van der Waals surface area (Å²) in [5.74, 6) is 0.291. The Bertz CT molecular complexity index is 1040. The second-order valence-electron chi connectivity index (χ2n) is 7.22. The molecule has 0 aliphatic heterocycles. The lowest BCUT2D eigenvalue weighted by Gasteiger charge is -2.35. The highest BCUT2D eigenvalue weighted by Gasteiger charge is 2.41. The third-order valence-electron chi connectivity index (χ3n) is 5.26. The first-order valence-electron chi connectivity index (χ1n) is 9.29. The third kappa shape index (κ3) is 3.64. The Morgan fingerprint density at radius 2 is 1.73 bits per heavy atom. The zero-order chi connectivity index (χ0) is 22.1. The maximum atomic E-state index is 13.2. The number of rotatable bonds is 6. The van der Waals surface area contributed by atoms with Crippen LogP contribution in [0.25, 0.3) is 5.69 Å². The highest BCUT2D eigenvalue weighted by molar-refractivity contribution is 5.53. The lowest BCUT2D eigenvalue weighted by molar-refractivity contribution is -0.137. The topological polar surface area (TPSA) is 76.3 Å². The number of hydrogen-bond donors (Lipinski definition) is 0. The van der Waals surface area contributed by atoms with E-state index in [4.69, 9.17) is 0 Å². The average Bonchev–Trinajstić information content (AvgIpc) is 3.18. The summed E-state index contributed by atoms with van der Waals surface area (Å²) in [6.45, 7) is 7.26. The molecule has 0 N–H and O–H groups in total. The van der Waals surface area contributed by atoms with Gasteiger partial charge in [0.2, 0.25) is 0 Å². The van der Waals surface area contributed by atoms with Crippen LogP contribution in [-0.4, -0.2) is 20.2 Å². The number of benzene rings is 2. The summed E-state index contributed by atoms with van der Waals surface area (Å²) in [5.41, 5.74) is 0.483. The summed E-state index contributed by atoms with van der Waals surface area (Å²) in [6.07, 6.45) is -4.24. The number of hydrogen-bond acceptors (Lipinski definition) is 5. The second kappa shape index (κ2) is 7.85. The molecule has 0 amide bonds. The quantitative estimate of drug-likeness (QED) is 0.411. The minimum Gasteiger partial charge on any atom is -0.216 e. The summed E-state index contributed by atoms with van der Waals surface area (Å²) in [5, 5.41) is 16.1. The van der Waals surface area contributed by atoms with Crippen molar-refractivity contribution in [3.63, 3.8) is 0 Å². The van der Waals surface area contributed by atoms with Crippen molar-refractivity contribution in [1.82, 2.24) is 20.2 Å². The highest BCUT2D eigenvalue weighted by Crippen LogP contribution is 2.38. The molecular weight excluding hydrogens is 397 g/mol. The molecule has 0 spiro atoms. The summed E-state index contributed by atoms with van der Waals surface area (Å²) < 4.78 is 41.1. The molecule has 0 saturated heterocycles. The fourth-order valence-electron chi connectivity index (χ4n) is 3.45. The van der Waals surface area contributed by atoms with Gasteiger partial charge in [0.25, 0.3) is 0 Å². The normalized spacial score (nSPS) is 13.7. The summed E-state index contributed by atoms with van der Waals surface area (Å²) in [4.78, 5) is 11.9. The molecule has 3 rings (SSSR count). The van der Waals surface area contributed by atoms with Crippen molar-refractivity contribution >= 4 is 5.69 Å². The predicted octanol–water partition coefficient (Wildman–Crippen LogP) is 5.11. The van der Waals surface area contributed by atoms with E-state index in [1.54, 1.807) is 13.8 Å². The van der Waals surface area contributed by atoms with Gasteiger partial charge in [0.15, 0.2) is 5.82 Å².